The maximum atomic E-state index is 11.5. The zero-order valence-electron chi connectivity index (χ0n) is 14.6. The van der Waals surface area contributed by atoms with E-state index in [1.54, 1.807) is 0 Å². The van der Waals surface area contributed by atoms with Gasteiger partial charge in [0.25, 0.3) is 0 Å². The lowest BCUT2D eigenvalue weighted by atomic mass is 9.66. The molecule has 0 spiro atoms. The van der Waals surface area contributed by atoms with E-state index in [1.165, 1.54) is 17.5 Å². The third kappa shape index (κ3) is 4.23. The minimum absolute atomic E-state index is 0.0822. The van der Waals surface area contributed by atoms with Crippen LogP contribution in [-0.4, -0.2) is 23.6 Å². The Balaban J connectivity index is 2.08. The van der Waals surface area contributed by atoms with Crippen molar-refractivity contribution in [2.45, 2.75) is 63.5 Å². The molecule has 1 atom stereocenters. The summed E-state index contributed by atoms with van der Waals surface area (Å²) in [6, 6.07) is 6.39. The van der Waals surface area contributed by atoms with E-state index in [4.69, 9.17) is 10.5 Å². The molecule has 1 aliphatic rings. The number of carbonyl (C=O) groups is 1. The van der Waals surface area contributed by atoms with Crippen molar-refractivity contribution in [2.75, 3.05) is 18.1 Å². The number of nitrogen functional groups attached to an aromatic ring is 1. The molecule has 0 bridgehead atoms. The van der Waals surface area contributed by atoms with E-state index in [0.717, 1.165) is 30.7 Å². The van der Waals surface area contributed by atoms with E-state index in [9.17, 15) is 4.79 Å². The molecule has 0 heterocycles. The maximum absolute atomic E-state index is 11.5. The van der Waals surface area contributed by atoms with Crippen LogP contribution in [0.3, 0.4) is 0 Å². The van der Waals surface area contributed by atoms with Crippen LogP contribution in [-0.2, 0) is 21.4 Å². The monoisotopic (exact) mass is 335 g/mol. The lowest BCUT2D eigenvalue weighted by molar-refractivity contribution is -0.142. The summed E-state index contributed by atoms with van der Waals surface area (Å²) in [5.74, 6) is 0.762. The summed E-state index contributed by atoms with van der Waals surface area (Å²) in [6.07, 6.45) is 5.02. The van der Waals surface area contributed by atoms with Crippen LogP contribution in [0.5, 0.6) is 0 Å². The van der Waals surface area contributed by atoms with Gasteiger partial charge < -0.3 is 10.5 Å². The van der Waals surface area contributed by atoms with Gasteiger partial charge in [-0.1, -0.05) is 19.9 Å². The quantitative estimate of drug-likeness (QED) is 0.595. The molecular weight excluding hydrogens is 306 g/mol. The average molecular weight is 336 g/mol. The van der Waals surface area contributed by atoms with Gasteiger partial charge in [-0.25, -0.2) is 0 Å². The van der Waals surface area contributed by atoms with Gasteiger partial charge in [0.15, 0.2) is 0 Å². The smallest absolute Gasteiger partial charge is 0.306 e. The molecule has 0 aromatic heterocycles. The Morgan fingerprint density at radius 3 is 2.74 bits per heavy atom. The van der Waals surface area contributed by atoms with Crippen molar-refractivity contribution < 1.29 is 9.53 Å². The first-order valence-electron chi connectivity index (χ1n) is 8.70. The number of esters is 1. The largest absolute Gasteiger partial charge is 0.466 e. The Morgan fingerprint density at radius 1 is 1.35 bits per heavy atom. The van der Waals surface area contributed by atoms with Crippen LogP contribution in [0.2, 0.25) is 0 Å². The third-order valence-corrected chi connectivity index (χ3v) is 6.33. The standard InChI is InChI=1S/C19H29NO2S/c1-4-19(5-2)13-16(23-10-9-18(21)22-6-3)11-14-7-8-15(20)12-17(14)19/h7-8,12,16H,4-6,9-11,13,20H2,1-3H3. The molecule has 0 aliphatic heterocycles. The van der Waals surface area contributed by atoms with Crippen molar-refractivity contribution in [1.29, 1.82) is 0 Å². The van der Waals surface area contributed by atoms with Gasteiger partial charge >= 0.3 is 5.97 Å². The molecule has 2 N–H and O–H groups in total. The number of ether oxygens (including phenoxy) is 1. The topological polar surface area (TPSA) is 52.3 Å². The van der Waals surface area contributed by atoms with Gasteiger partial charge in [-0.05, 0) is 61.3 Å². The number of hydrogen-bond acceptors (Lipinski definition) is 4. The Hall–Kier alpha value is -1.16. The van der Waals surface area contributed by atoms with Gasteiger partial charge in [0.2, 0.25) is 0 Å². The van der Waals surface area contributed by atoms with Gasteiger partial charge in [-0.15, -0.1) is 0 Å². The SMILES string of the molecule is CCOC(=O)CCSC1Cc2ccc(N)cc2C(CC)(CC)C1. The molecule has 2 rings (SSSR count). The van der Waals surface area contributed by atoms with Gasteiger partial charge in [0, 0.05) is 16.7 Å². The lowest BCUT2D eigenvalue weighted by Gasteiger charge is -2.42. The molecule has 1 aromatic carbocycles. The molecule has 128 valence electrons. The minimum atomic E-state index is -0.0822. The fourth-order valence-corrected chi connectivity index (χ4v) is 5.06. The summed E-state index contributed by atoms with van der Waals surface area (Å²) in [5, 5.41) is 0.570. The van der Waals surface area contributed by atoms with Crippen LogP contribution >= 0.6 is 11.8 Å². The summed E-state index contributed by atoms with van der Waals surface area (Å²) in [6.45, 7) is 6.88. The number of hydrogen-bond donors (Lipinski definition) is 1. The molecule has 0 fully saturated rings. The van der Waals surface area contributed by atoms with Crippen LogP contribution in [0.25, 0.3) is 0 Å². The highest BCUT2D eigenvalue weighted by molar-refractivity contribution is 7.99. The van der Waals surface area contributed by atoms with Crippen molar-refractivity contribution >= 4 is 23.4 Å². The van der Waals surface area contributed by atoms with Crippen molar-refractivity contribution in [3.63, 3.8) is 0 Å². The second kappa shape index (κ2) is 8.09. The third-order valence-electron chi connectivity index (χ3n) is 5.09. The van der Waals surface area contributed by atoms with E-state index in [2.05, 4.69) is 26.0 Å². The van der Waals surface area contributed by atoms with Crippen molar-refractivity contribution in [2.24, 2.45) is 0 Å². The van der Waals surface area contributed by atoms with E-state index in [0.29, 0.717) is 18.3 Å². The first-order valence-corrected chi connectivity index (χ1v) is 9.75. The first-order chi connectivity index (χ1) is 11.0. The number of nitrogens with two attached hydrogens (primary N) is 1. The predicted molar refractivity (Wildman–Crippen MR) is 98.9 cm³/mol. The second-order valence-electron chi connectivity index (χ2n) is 6.36. The molecule has 1 unspecified atom stereocenters. The molecule has 1 aliphatic carbocycles. The fraction of sp³-hybridized carbons (Fsp3) is 0.632. The highest BCUT2D eigenvalue weighted by atomic mass is 32.2. The predicted octanol–water partition coefficient (Wildman–Crippen LogP) is 4.33. The fourth-order valence-electron chi connectivity index (χ4n) is 3.71. The van der Waals surface area contributed by atoms with Gasteiger partial charge in [0.05, 0.1) is 13.0 Å². The Labute approximate surface area is 144 Å². The van der Waals surface area contributed by atoms with E-state index in [1.807, 2.05) is 24.8 Å². The molecule has 3 nitrogen and oxygen atoms in total. The molecule has 23 heavy (non-hydrogen) atoms. The van der Waals surface area contributed by atoms with Crippen LogP contribution in [0.15, 0.2) is 18.2 Å². The number of anilines is 1. The Bertz CT molecular complexity index is 540. The first kappa shape index (κ1) is 18.2. The number of fused-ring (bicyclic) bond motifs is 1. The summed E-state index contributed by atoms with van der Waals surface area (Å²) in [7, 11) is 0. The molecule has 0 saturated heterocycles. The van der Waals surface area contributed by atoms with E-state index < -0.39 is 0 Å². The van der Waals surface area contributed by atoms with Crippen LogP contribution in [0.1, 0.15) is 57.6 Å². The molecule has 0 amide bonds. The average Bonchev–Trinajstić information content (AvgIpc) is 2.54. The normalized spacial score (nSPS) is 19.2. The molecular formula is C19H29NO2S. The molecule has 4 heteroatoms. The Kier molecular flexibility index (Phi) is 6.40. The lowest BCUT2D eigenvalue weighted by Crippen LogP contribution is -2.35. The van der Waals surface area contributed by atoms with Gasteiger partial charge in [-0.2, -0.15) is 11.8 Å². The number of thioether (sulfide) groups is 1. The zero-order valence-corrected chi connectivity index (χ0v) is 15.4. The van der Waals surface area contributed by atoms with Crippen molar-refractivity contribution in [1.82, 2.24) is 0 Å². The highest BCUT2D eigenvalue weighted by Gasteiger charge is 2.37. The van der Waals surface area contributed by atoms with Crippen LogP contribution in [0, 0.1) is 0 Å². The Morgan fingerprint density at radius 2 is 2.09 bits per heavy atom. The van der Waals surface area contributed by atoms with Crippen LogP contribution in [0.4, 0.5) is 5.69 Å². The summed E-state index contributed by atoms with van der Waals surface area (Å²) in [5.41, 5.74) is 10.0. The second-order valence-corrected chi connectivity index (χ2v) is 7.77. The van der Waals surface area contributed by atoms with Gasteiger partial charge in [0.1, 0.15) is 0 Å². The van der Waals surface area contributed by atoms with Crippen molar-refractivity contribution in [3.05, 3.63) is 29.3 Å². The highest BCUT2D eigenvalue weighted by Crippen LogP contribution is 2.46. The summed E-state index contributed by atoms with van der Waals surface area (Å²) in [4.78, 5) is 11.5. The molecule has 0 saturated carbocycles. The zero-order chi connectivity index (χ0) is 16.9. The van der Waals surface area contributed by atoms with E-state index in [-0.39, 0.29) is 11.4 Å². The minimum Gasteiger partial charge on any atom is -0.466 e. The molecule has 0 radical (unpaired) electrons. The number of benzene rings is 1. The van der Waals surface area contributed by atoms with Crippen LogP contribution < -0.4 is 5.73 Å². The molecule has 1 aromatic rings. The summed E-state index contributed by atoms with van der Waals surface area (Å²) < 4.78 is 5.02. The van der Waals surface area contributed by atoms with E-state index >= 15 is 0 Å². The summed E-state index contributed by atoms with van der Waals surface area (Å²) >= 11 is 1.92. The van der Waals surface area contributed by atoms with Gasteiger partial charge in [-0.3, -0.25) is 4.79 Å². The number of rotatable bonds is 7. The van der Waals surface area contributed by atoms with Crippen molar-refractivity contribution in [3.8, 4) is 0 Å². The number of carbonyl (C=O) groups excluding carboxylic acids is 1. The maximum Gasteiger partial charge on any atom is 0.306 e.